The maximum absolute atomic E-state index is 6.17. The first-order valence-corrected chi connectivity index (χ1v) is 11.1. The summed E-state index contributed by atoms with van der Waals surface area (Å²) in [5, 5.41) is 13.6. The largest absolute Gasteiger partial charge is 0.322 e. The molecule has 30 heavy (non-hydrogen) atoms. The van der Waals surface area contributed by atoms with Gasteiger partial charge in [-0.2, -0.15) is 0 Å². The van der Waals surface area contributed by atoms with Gasteiger partial charge in [-0.25, -0.2) is 4.68 Å². The first-order valence-electron chi connectivity index (χ1n) is 10.7. The smallest absolute Gasteiger partial charge is 0.214 e. The highest BCUT2D eigenvalue weighted by atomic mass is 35.5. The van der Waals surface area contributed by atoms with E-state index in [1.165, 1.54) is 16.0 Å². The van der Waals surface area contributed by atoms with Crippen molar-refractivity contribution in [2.75, 3.05) is 26.2 Å². The number of piperazine rings is 1. The number of hydrogen-bond acceptors (Lipinski definition) is 3. The van der Waals surface area contributed by atoms with Gasteiger partial charge in [0, 0.05) is 16.1 Å². The van der Waals surface area contributed by atoms with Gasteiger partial charge in [0.25, 0.3) is 0 Å². The molecule has 1 aliphatic heterocycles. The van der Waals surface area contributed by atoms with Crippen LogP contribution in [0.1, 0.15) is 43.8 Å². The third-order valence-corrected chi connectivity index (χ3v) is 6.15. The molecule has 4 rings (SSSR count). The maximum atomic E-state index is 6.17. The molecule has 0 unspecified atom stereocenters. The van der Waals surface area contributed by atoms with Crippen LogP contribution in [0, 0.1) is 0 Å². The number of nitrogens with zero attached hydrogens (tertiary/aromatic N) is 4. The Balaban J connectivity index is 1.57. The number of tetrazole rings is 1. The molecule has 0 amide bonds. The zero-order valence-corrected chi connectivity index (χ0v) is 18.7. The molecule has 6 nitrogen and oxygen atoms in total. The summed E-state index contributed by atoms with van der Waals surface area (Å²) in [6.45, 7) is 11.9. The summed E-state index contributed by atoms with van der Waals surface area (Å²) in [6, 6.07) is 19.0. The van der Waals surface area contributed by atoms with E-state index in [0.717, 1.165) is 43.6 Å². The Bertz CT molecular complexity index is 940. The quantitative estimate of drug-likeness (QED) is 0.643. The normalized spacial score (nSPS) is 20.8. The molecule has 3 aromatic rings. The van der Waals surface area contributed by atoms with Gasteiger partial charge in [-0.15, -0.1) is 5.10 Å². The molecule has 0 spiro atoms. The van der Waals surface area contributed by atoms with Crippen molar-refractivity contribution in [1.29, 1.82) is 0 Å². The van der Waals surface area contributed by atoms with Gasteiger partial charge in [-0.3, -0.25) is 0 Å². The molecule has 1 saturated heterocycles. The van der Waals surface area contributed by atoms with Crippen LogP contribution >= 0.6 is 11.6 Å². The SMILES string of the molecule is CC(C)(C)n1nnnc1[C@@H](c1ccc(Cl)cc1)[NH+]1CC[NH+](Cc2ccccc2)CC1. The lowest BCUT2D eigenvalue weighted by atomic mass is 10.0. The molecular weight excluding hydrogens is 396 g/mol. The molecule has 158 valence electrons. The van der Waals surface area contributed by atoms with Crippen LogP contribution in [0.2, 0.25) is 5.02 Å². The second-order valence-electron chi connectivity index (χ2n) is 9.17. The third-order valence-electron chi connectivity index (χ3n) is 5.90. The van der Waals surface area contributed by atoms with Crippen LogP contribution in [0.3, 0.4) is 0 Å². The zero-order chi connectivity index (χ0) is 21.1. The molecule has 0 radical (unpaired) electrons. The van der Waals surface area contributed by atoms with E-state index in [0.29, 0.717) is 0 Å². The monoisotopic (exact) mass is 426 g/mol. The summed E-state index contributed by atoms with van der Waals surface area (Å²) in [4.78, 5) is 3.14. The predicted octanol–water partition coefficient (Wildman–Crippen LogP) is 1.15. The van der Waals surface area contributed by atoms with Gasteiger partial charge in [0.15, 0.2) is 6.04 Å². The fourth-order valence-corrected chi connectivity index (χ4v) is 4.48. The minimum atomic E-state index is -0.177. The minimum Gasteiger partial charge on any atom is -0.322 e. The Morgan fingerprint density at radius 1 is 0.967 bits per heavy atom. The summed E-state index contributed by atoms with van der Waals surface area (Å²) < 4.78 is 1.97. The van der Waals surface area contributed by atoms with Crippen molar-refractivity contribution in [1.82, 2.24) is 20.2 Å². The molecule has 1 aromatic heterocycles. The number of halogens is 1. The first kappa shape index (κ1) is 21.0. The lowest BCUT2D eigenvalue weighted by Crippen LogP contribution is -3.27. The average Bonchev–Trinajstić information content (AvgIpc) is 3.22. The highest BCUT2D eigenvalue weighted by Gasteiger charge is 2.37. The minimum absolute atomic E-state index is 0.0924. The molecule has 0 aliphatic carbocycles. The van der Waals surface area contributed by atoms with Gasteiger partial charge in [0.05, 0.1) is 5.54 Å². The number of rotatable bonds is 5. The maximum Gasteiger partial charge on any atom is 0.214 e. The lowest BCUT2D eigenvalue weighted by molar-refractivity contribution is -1.03. The van der Waals surface area contributed by atoms with Crippen LogP contribution in [0.5, 0.6) is 0 Å². The first-order chi connectivity index (χ1) is 14.4. The van der Waals surface area contributed by atoms with Crippen molar-refractivity contribution < 1.29 is 9.80 Å². The van der Waals surface area contributed by atoms with E-state index in [1.807, 2.05) is 16.8 Å². The van der Waals surface area contributed by atoms with Crippen LogP contribution in [0.15, 0.2) is 54.6 Å². The van der Waals surface area contributed by atoms with E-state index >= 15 is 0 Å². The Morgan fingerprint density at radius 2 is 1.63 bits per heavy atom. The van der Waals surface area contributed by atoms with Gasteiger partial charge in [-0.1, -0.05) is 54.1 Å². The number of quaternary nitrogens is 2. The third kappa shape index (κ3) is 4.72. The van der Waals surface area contributed by atoms with Gasteiger partial charge in [0.2, 0.25) is 5.82 Å². The van der Waals surface area contributed by atoms with Crippen molar-refractivity contribution in [2.45, 2.75) is 38.9 Å². The summed E-state index contributed by atoms with van der Waals surface area (Å²) in [7, 11) is 0. The number of hydrogen-bond donors (Lipinski definition) is 2. The van der Waals surface area contributed by atoms with Crippen LogP contribution in [-0.2, 0) is 12.1 Å². The zero-order valence-electron chi connectivity index (χ0n) is 18.0. The predicted molar refractivity (Wildman–Crippen MR) is 118 cm³/mol. The van der Waals surface area contributed by atoms with Crippen LogP contribution < -0.4 is 9.80 Å². The summed E-state index contributed by atoms with van der Waals surface area (Å²) in [5.74, 6) is 0.923. The van der Waals surface area contributed by atoms with Crippen molar-refractivity contribution in [3.05, 3.63) is 76.6 Å². The van der Waals surface area contributed by atoms with Crippen LogP contribution in [-0.4, -0.2) is 46.4 Å². The molecule has 1 aliphatic rings. The molecule has 1 fully saturated rings. The summed E-state index contributed by atoms with van der Waals surface area (Å²) in [5.41, 5.74) is 2.44. The Kier molecular flexibility index (Phi) is 6.18. The Morgan fingerprint density at radius 3 is 2.27 bits per heavy atom. The molecule has 0 bridgehead atoms. The van der Waals surface area contributed by atoms with E-state index in [4.69, 9.17) is 11.6 Å². The molecule has 1 atom stereocenters. The van der Waals surface area contributed by atoms with Gasteiger partial charge >= 0.3 is 0 Å². The van der Waals surface area contributed by atoms with Crippen molar-refractivity contribution in [3.63, 3.8) is 0 Å². The van der Waals surface area contributed by atoms with Crippen molar-refractivity contribution in [3.8, 4) is 0 Å². The van der Waals surface area contributed by atoms with Crippen LogP contribution in [0.25, 0.3) is 0 Å². The van der Waals surface area contributed by atoms with Crippen molar-refractivity contribution >= 4 is 11.6 Å². The second-order valence-corrected chi connectivity index (χ2v) is 9.61. The average molecular weight is 427 g/mol. The van der Waals surface area contributed by atoms with E-state index < -0.39 is 0 Å². The number of nitrogens with one attached hydrogen (secondary N) is 2. The highest BCUT2D eigenvalue weighted by molar-refractivity contribution is 6.30. The lowest BCUT2D eigenvalue weighted by Gasteiger charge is -2.35. The second kappa shape index (κ2) is 8.84. The molecule has 2 heterocycles. The Hall–Kier alpha value is -2.28. The number of aromatic nitrogens is 4. The molecule has 2 aromatic carbocycles. The summed E-state index contributed by atoms with van der Waals surface area (Å²) >= 11 is 6.17. The van der Waals surface area contributed by atoms with E-state index in [-0.39, 0.29) is 11.6 Å². The molecule has 0 saturated carbocycles. The van der Waals surface area contributed by atoms with Gasteiger partial charge < -0.3 is 9.80 Å². The number of benzene rings is 2. The van der Waals surface area contributed by atoms with E-state index in [2.05, 4.69) is 78.8 Å². The van der Waals surface area contributed by atoms with E-state index in [9.17, 15) is 0 Å². The van der Waals surface area contributed by atoms with Crippen LogP contribution in [0.4, 0.5) is 0 Å². The standard InChI is InChI=1S/C23H29ClN6/c1-23(2,3)30-22(25-26-27-30)21(19-9-11-20(24)12-10-19)29-15-13-28(14-16-29)17-18-7-5-4-6-8-18/h4-12,21H,13-17H2,1-3H3/p+2/t21-/m1/s1. The highest BCUT2D eigenvalue weighted by Crippen LogP contribution is 2.23. The topological polar surface area (TPSA) is 52.5 Å². The Labute approximate surface area is 183 Å². The molecule has 7 heteroatoms. The van der Waals surface area contributed by atoms with E-state index in [1.54, 1.807) is 4.90 Å². The van der Waals surface area contributed by atoms with Gasteiger partial charge in [-0.05, 0) is 43.3 Å². The van der Waals surface area contributed by atoms with Gasteiger partial charge in [0.1, 0.15) is 32.7 Å². The summed E-state index contributed by atoms with van der Waals surface area (Å²) in [6.07, 6.45) is 0. The molecule has 2 N–H and O–H groups in total. The molecular formula is C23H31ClN6+2. The van der Waals surface area contributed by atoms with Crippen molar-refractivity contribution in [2.24, 2.45) is 0 Å². The fourth-order valence-electron chi connectivity index (χ4n) is 4.35. The fraction of sp³-hybridized carbons (Fsp3) is 0.435.